The number of rotatable bonds is 8. The second kappa shape index (κ2) is 11.7. The first kappa shape index (κ1) is 25.8. The molecule has 0 amide bonds. The number of hydrogen-bond acceptors (Lipinski definition) is 7. The van der Waals surface area contributed by atoms with Crippen LogP contribution >= 0.6 is 11.6 Å². The predicted molar refractivity (Wildman–Crippen MR) is 159 cm³/mol. The van der Waals surface area contributed by atoms with Crippen molar-refractivity contribution in [3.63, 3.8) is 0 Å². The first-order valence-corrected chi connectivity index (χ1v) is 13.6. The Balaban J connectivity index is 1.26. The minimum atomic E-state index is -0.304. The normalized spacial score (nSPS) is 13.7. The number of nitrogens with zero attached hydrogens (tertiary/aromatic N) is 6. The molecule has 3 aromatic carbocycles. The lowest BCUT2D eigenvalue weighted by Crippen LogP contribution is -2.31. The number of aromatic nitrogens is 4. The first-order valence-electron chi connectivity index (χ1n) is 13.3. The number of hydrazone groups is 1. The second-order valence-corrected chi connectivity index (χ2v) is 10.1. The summed E-state index contributed by atoms with van der Waals surface area (Å²) in [4.78, 5) is 15.9. The van der Waals surface area contributed by atoms with Gasteiger partial charge in [-0.3, -0.25) is 0 Å². The van der Waals surface area contributed by atoms with Gasteiger partial charge in [0.2, 0.25) is 17.8 Å². The molecule has 1 fully saturated rings. The Bertz CT molecular complexity index is 1630. The maximum atomic E-state index is 13.4. The van der Waals surface area contributed by atoms with Gasteiger partial charge in [0.25, 0.3) is 0 Å². The third kappa shape index (κ3) is 6.05. The molecule has 5 aromatic rings. The summed E-state index contributed by atoms with van der Waals surface area (Å²) in [6.07, 6.45) is 7.24. The van der Waals surface area contributed by atoms with Crippen LogP contribution in [0.25, 0.3) is 10.9 Å². The van der Waals surface area contributed by atoms with Crippen molar-refractivity contribution in [3.8, 4) is 0 Å². The standard InChI is InChI=1S/C30H28ClFN8/c31-23-10-8-21(9-11-23)19-40-20-22(26-6-2-3-7-27(26)40)18-33-38-29-35-28(34-25-14-12-24(32)13-15-25)36-30(37-29)39-16-4-1-5-17-39/h2-3,6-15,18,20H,1,4-5,16-17,19H2,(H2,34,35,36,37,38)/b33-18-. The summed E-state index contributed by atoms with van der Waals surface area (Å²) < 4.78 is 15.6. The van der Waals surface area contributed by atoms with Gasteiger partial charge in [0.05, 0.1) is 6.21 Å². The Morgan fingerprint density at radius 1 is 0.875 bits per heavy atom. The number of halogens is 2. The highest BCUT2D eigenvalue weighted by Crippen LogP contribution is 2.23. The molecule has 3 heterocycles. The van der Waals surface area contributed by atoms with Gasteiger partial charge in [0, 0.05) is 53.0 Å². The van der Waals surface area contributed by atoms with Gasteiger partial charge in [-0.25, -0.2) is 9.82 Å². The molecule has 0 spiro atoms. The summed E-state index contributed by atoms with van der Waals surface area (Å²) >= 11 is 6.07. The third-order valence-corrected chi connectivity index (χ3v) is 7.07. The molecule has 2 aromatic heterocycles. The quantitative estimate of drug-likeness (QED) is 0.161. The highest BCUT2D eigenvalue weighted by Gasteiger charge is 2.16. The number of para-hydroxylation sites is 1. The maximum absolute atomic E-state index is 13.4. The molecule has 6 rings (SSSR count). The lowest BCUT2D eigenvalue weighted by atomic mass is 10.1. The van der Waals surface area contributed by atoms with E-state index in [2.05, 4.69) is 58.6 Å². The Kier molecular flexibility index (Phi) is 7.54. The molecule has 0 saturated carbocycles. The zero-order chi connectivity index (χ0) is 27.3. The molecule has 0 atom stereocenters. The van der Waals surface area contributed by atoms with Gasteiger partial charge in [-0.05, 0) is 67.3 Å². The minimum absolute atomic E-state index is 0.304. The Hall–Kier alpha value is -4.50. The monoisotopic (exact) mass is 554 g/mol. The fourth-order valence-corrected chi connectivity index (χ4v) is 4.95. The average molecular weight is 555 g/mol. The predicted octanol–water partition coefficient (Wildman–Crippen LogP) is 6.85. The molecular weight excluding hydrogens is 527 g/mol. The van der Waals surface area contributed by atoms with E-state index in [0.29, 0.717) is 30.1 Å². The molecule has 8 nitrogen and oxygen atoms in total. The summed E-state index contributed by atoms with van der Waals surface area (Å²) in [7, 11) is 0. The van der Waals surface area contributed by atoms with Gasteiger partial charge in [-0.1, -0.05) is 41.9 Å². The Morgan fingerprint density at radius 2 is 1.62 bits per heavy atom. The number of nitrogens with one attached hydrogen (secondary N) is 2. The molecule has 0 aliphatic carbocycles. The van der Waals surface area contributed by atoms with Crippen molar-refractivity contribution in [2.75, 3.05) is 28.7 Å². The van der Waals surface area contributed by atoms with Crippen LogP contribution < -0.4 is 15.6 Å². The van der Waals surface area contributed by atoms with E-state index in [4.69, 9.17) is 11.6 Å². The molecule has 1 aliphatic heterocycles. The lowest BCUT2D eigenvalue weighted by molar-refractivity contribution is 0.568. The minimum Gasteiger partial charge on any atom is -0.342 e. The van der Waals surface area contributed by atoms with Crippen LogP contribution in [0.2, 0.25) is 5.02 Å². The lowest BCUT2D eigenvalue weighted by Gasteiger charge is -2.26. The maximum Gasteiger partial charge on any atom is 0.250 e. The topological polar surface area (TPSA) is 83.3 Å². The van der Waals surface area contributed by atoms with Gasteiger partial charge in [0.15, 0.2) is 0 Å². The van der Waals surface area contributed by atoms with Crippen LogP contribution in [0.3, 0.4) is 0 Å². The van der Waals surface area contributed by atoms with Crippen molar-refractivity contribution >= 4 is 52.3 Å². The van der Waals surface area contributed by atoms with Crippen molar-refractivity contribution in [1.82, 2.24) is 19.5 Å². The SMILES string of the molecule is Fc1ccc(Nc2nc(N/N=C\c3cn(Cc4ccc(Cl)cc4)c4ccccc34)nc(N3CCCCC3)n2)cc1. The van der Waals surface area contributed by atoms with E-state index in [0.717, 1.165) is 53.0 Å². The smallest absolute Gasteiger partial charge is 0.250 e. The molecule has 0 unspecified atom stereocenters. The van der Waals surface area contributed by atoms with Crippen LogP contribution in [0, 0.1) is 5.82 Å². The van der Waals surface area contributed by atoms with E-state index >= 15 is 0 Å². The number of hydrogen-bond donors (Lipinski definition) is 2. The largest absolute Gasteiger partial charge is 0.342 e. The highest BCUT2D eigenvalue weighted by atomic mass is 35.5. The van der Waals surface area contributed by atoms with Crippen molar-refractivity contribution < 1.29 is 4.39 Å². The van der Waals surface area contributed by atoms with Gasteiger partial charge >= 0.3 is 0 Å². The molecule has 1 saturated heterocycles. The third-order valence-electron chi connectivity index (χ3n) is 6.82. The fraction of sp³-hybridized carbons (Fsp3) is 0.200. The van der Waals surface area contributed by atoms with E-state index in [-0.39, 0.29) is 5.82 Å². The first-order chi connectivity index (χ1) is 19.6. The van der Waals surface area contributed by atoms with Gasteiger partial charge in [0.1, 0.15) is 5.82 Å². The van der Waals surface area contributed by atoms with E-state index in [1.54, 1.807) is 18.3 Å². The zero-order valence-corrected chi connectivity index (χ0v) is 22.5. The van der Waals surface area contributed by atoms with Crippen LogP contribution in [0.4, 0.5) is 27.9 Å². The van der Waals surface area contributed by atoms with Crippen LogP contribution in [0.15, 0.2) is 84.1 Å². The van der Waals surface area contributed by atoms with E-state index in [9.17, 15) is 4.39 Å². The number of fused-ring (bicyclic) bond motifs is 1. The van der Waals surface area contributed by atoms with Crippen molar-refractivity contribution in [1.29, 1.82) is 0 Å². The van der Waals surface area contributed by atoms with Crippen molar-refractivity contribution in [2.45, 2.75) is 25.8 Å². The van der Waals surface area contributed by atoms with Gasteiger partial charge in [-0.2, -0.15) is 20.1 Å². The molecule has 2 N–H and O–H groups in total. The van der Waals surface area contributed by atoms with Gasteiger partial charge < -0.3 is 14.8 Å². The Morgan fingerprint density at radius 3 is 2.42 bits per heavy atom. The second-order valence-electron chi connectivity index (χ2n) is 9.69. The van der Waals surface area contributed by atoms with E-state index < -0.39 is 0 Å². The summed E-state index contributed by atoms with van der Waals surface area (Å²) in [6.45, 7) is 2.48. The average Bonchev–Trinajstić information content (AvgIpc) is 3.33. The molecule has 202 valence electrons. The molecule has 0 radical (unpaired) electrons. The Labute approximate surface area is 236 Å². The summed E-state index contributed by atoms with van der Waals surface area (Å²) in [5.74, 6) is 0.957. The van der Waals surface area contributed by atoms with Crippen LogP contribution in [0.1, 0.15) is 30.4 Å². The fourth-order valence-electron chi connectivity index (χ4n) is 4.82. The van der Waals surface area contributed by atoms with E-state index in [1.165, 1.54) is 18.6 Å². The molecule has 40 heavy (non-hydrogen) atoms. The zero-order valence-electron chi connectivity index (χ0n) is 21.8. The number of piperidine rings is 1. The van der Waals surface area contributed by atoms with Gasteiger partial charge in [-0.15, -0.1) is 0 Å². The number of benzene rings is 3. The summed E-state index contributed by atoms with van der Waals surface area (Å²) in [6, 6.07) is 22.2. The van der Waals surface area contributed by atoms with Crippen LogP contribution in [0.5, 0.6) is 0 Å². The number of anilines is 4. The molecule has 1 aliphatic rings. The molecule has 0 bridgehead atoms. The summed E-state index contributed by atoms with van der Waals surface area (Å²) in [5, 5.41) is 9.45. The highest BCUT2D eigenvalue weighted by molar-refractivity contribution is 6.30. The van der Waals surface area contributed by atoms with Crippen molar-refractivity contribution in [3.05, 3.63) is 101 Å². The van der Waals surface area contributed by atoms with Crippen LogP contribution in [-0.4, -0.2) is 38.8 Å². The molecular formula is C30H28ClFN8. The van der Waals surface area contributed by atoms with E-state index in [1.807, 2.05) is 36.4 Å². The molecule has 10 heteroatoms. The van der Waals surface area contributed by atoms with Crippen LogP contribution in [-0.2, 0) is 6.54 Å². The van der Waals surface area contributed by atoms with Crippen molar-refractivity contribution in [2.24, 2.45) is 5.10 Å². The summed E-state index contributed by atoms with van der Waals surface area (Å²) in [5.41, 5.74) is 6.90.